The van der Waals surface area contributed by atoms with Crippen LogP contribution in [-0.4, -0.2) is 31.7 Å². The predicted octanol–water partition coefficient (Wildman–Crippen LogP) is 3.53. The molecule has 0 aromatic heterocycles. The molecule has 1 heterocycles. The van der Waals surface area contributed by atoms with E-state index in [0.717, 1.165) is 12.0 Å². The van der Waals surface area contributed by atoms with E-state index in [1.54, 1.807) is 30.3 Å². The summed E-state index contributed by atoms with van der Waals surface area (Å²) in [6, 6.07) is 16.5. The molecule has 0 saturated carbocycles. The minimum atomic E-state index is -3.56. The number of nitrogens with zero attached hydrogens (tertiary/aromatic N) is 1. The molecule has 1 aliphatic rings. The number of hydrogen-bond acceptors (Lipinski definition) is 3. The van der Waals surface area contributed by atoms with Crippen molar-refractivity contribution >= 4 is 15.9 Å². The minimum Gasteiger partial charge on any atom is -0.349 e. The van der Waals surface area contributed by atoms with Gasteiger partial charge in [-0.25, -0.2) is 8.42 Å². The third-order valence-electron chi connectivity index (χ3n) is 5.38. The highest BCUT2D eigenvalue weighted by molar-refractivity contribution is 7.89. The van der Waals surface area contributed by atoms with Crippen LogP contribution in [0.3, 0.4) is 0 Å². The number of carbonyl (C=O) groups excluding carboxylic acids is 1. The first-order valence-electron chi connectivity index (χ1n) is 9.86. The van der Waals surface area contributed by atoms with Gasteiger partial charge in [-0.3, -0.25) is 4.79 Å². The molecule has 2 aromatic rings. The molecule has 2 aromatic carbocycles. The van der Waals surface area contributed by atoms with Gasteiger partial charge in [-0.05, 0) is 49.4 Å². The van der Waals surface area contributed by atoms with Crippen LogP contribution in [-0.2, 0) is 21.2 Å². The normalized spacial score (nSPS) is 19.1. The van der Waals surface area contributed by atoms with Gasteiger partial charge >= 0.3 is 0 Å². The summed E-state index contributed by atoms with van der Waals surface area (Å²) in [5.41, 5.74) is 2.31. The first kappa shape index (κ1) is 20.6. The van der Waals surface area contributed by atoms with Crippen molar-refractivity contribution in [3.63, 3.8) is 0 Å². The zero-order valence-corrected chi connectivity index (χ0v) is 17.3. The van der Waals surface area contributed by atoms with Crippen LogP contribution >= 0.6 is 0 Å². The van der Waals surface area contributed by atoms with Crippen LogP contribution in [0.25, 0.3) is 0 Å². The number of hydrogen-bond donors (Lipinski definition) is 1. The monoisotopic (exact) mass is 400 g/mol. The second-order valence-electron chi connectivity index (χ2n) is 7.34. The number of benzene rings is 2. The van der Waals surface area contributed by atoms with Gasteiger partial charge < -0.3 is 5.32 Å². The molecule has 1 N–H and O–H groups in total. The summed E-state index contributed by atoms with van der Waals surface area (Å²) in [6.45, 7) is 4.75. The zero-order valence-electron chi connectivity index (χ0n) is 16.5. The van der Waals surface area contributed by atoms with Crippen molar-refractivity contribution in [1.29, 1.82) is 0 Å². The molecule has 1 saturated heterocycles. The van der Waals surface area contributed by atoms with Gasteiger partial charge in [-0.2, -0.15) is 4.31 Å². The van der Waals surface area contributed by atoms with Crippen molar-refractivity contribution in [1.82, 2.24) is 9.62 Å². The van der Waals surface area contributed by atoms with Crippen molar-refractivity contribution in [3.8, 4) is 0 Å². The van der Waals surface area contributed by atoms with E-state index in [0.29, 0.717) is 19.4 Å². The Morgan fingerprint density at radius 1 is 1.14 bits per heavy atom. The van der Waals surface area contributed by atoms with Crippen molar-refractivity contribution < 1.29 is 13.2 Å². The molecule has 0 aliphatic carbocycles. The fourth-order valence-corrected chi connectivity index (χ4v) is 5.12. The highest BCUT2D eigenvalue weighted by Crippen LogP contribution is 2.24. The van der Waals surface area contributed by atoms with E-state index in [1.807, 2.05) is 19.1 Å². The zero-order chi connectivity index (χ0) is 20.1. The maximum atomic E-state index is 12.9. The SMILES string of the molecule is CCc1ccc(C(C)NC(=O)C2CCCN(S(=O)(=O)c3ccccc3)C2)cc1. The Kier molecular flexibility index (Phi) is 6.52. The summed E-state index contributed by atoms with van der Waals surface area (Å²) in [5, 5.41) is 3.05. The molecule has 2 atom stereocenters. The standard InChI is InChI=1S/C22H28N2O3S/c1-3-18-11-13-19(14-12-18)17(2)23-22(25)20-8-7-15-24(16-20)28(26,27)21-9-5-4-6-10-21/h4-6,9-14,17,20H,3,7-8,15-16H2,1-2H3,(H,23,25). The predicted molar refractivity (Wildman–Crippen MR) is 110 cm³/mol. The van der Waals surface area contributed by atoms with Gasteiger partial charge in [0, 0.05) is 13.1 Å². The summed E-state index contributed by atoms with van der Waals surface area (Å²) in [4.78, 5) is 13.1. The van der Waals surface area contributed by atoms with Crippen LogP contribution in [0.1, 0.15) is 43.9 Å². The number of carbonyl (C=O) groups is 1. The lowest BCUT2D eigenvalue weighted by Gasteiger charge is -2.32. The lowest BCUT2D eigenvalue weighted by atomic mass is 9.97. The second kappa shape index (κ2) is 8.88. The van der Waals surface area contributed by atoms with Crippen LogP contribution in [0.15, 0.2) is 59.5 Å². The maximum Gasteiger partial charge on any atom is 0.243 e. The van der Waals surface area contributed by atoms with Gasteiger partial charge in [-0.1, -0.05) is 49.4 Å². The lowest BCUT2D eigenvalue weighted by molar-refractivity contribution is -0.126. The summed E-state index contributed by atoms with van der Waals surface area (Å²) in [7, 11) is -3.56. The topological polar surface area (TPSA) is 66.5 Å². The Morgan fingerprint density at radius 2 is 1.82 bits per heavy atom. The molecule has 0 radical (unpaired) electrons. The van der Waals surface area contributed by atoms with Crippen molar-refractivity contribution in [2.75, 3.05) is 13.1 Å². The number of piperidine rings is 1. The molecule has 150 valence electrons. The molecule has 28 heavy (non-hydrogen) atoms. The van der Waals surface area contributed by atoms with Gasteiger partial charge in [0.25, 0.3) is 0 Å². The highest BCUT2D eigenvalue weighted by atomic mass is 32.2. The number of aryl methyl sites for hydroxylation is 1. The lowest BCUT2D eigenvalue weighted by Crippen LogP contribution is -2.45. The third kappa shape index (κ3) is 4.62. The Balaban J connectivity index is 1.65. The van der Waals surface area contributed by atoms with Crippen molar-refractivity contribution in [3.05, 3.63) is 65.7 Å². The van der Waals surface area contributed by atoms with Crippen LogP contribution < -0.4 is 5.32 Å². The molecule has 1 fully saturated rings. The number of sulfonamides is 1. The fourth-order valence-electron chi connectivity index (χ4n) is 3.57. The van der Waals surface area contributed by atoms with Crippen LogP contribution in [0.2, 0.25) is 0 Å². The minimum absolute atomic E-state index is 0.0833. The van der Waals surface area contributed by atoms with E-state index >= 15 is 0 Å². The molecule has 2 unspecified atom stereocenters. The van der Waals surface area contributed by atoms with Gasteiger partial charge in [0.05, 0.1) is 16.9 Å². The molecule has 1 aliphatic heterocycles. The van der Waals surface area contributed by atoms with Gasteiger partial charge in [-0.15, -0.1) is 0 Å². The van der Waals surface area contributed by atoms with Crippen molar-refractivity contribution in [2.24, 2.45) is 5.92 Å². The van der Waals surface area contributed by atoms with Crippen LogP contribution in [0, 0.1) is 5.92 Å². The third-order valence-corrected chi connectivity index (χ3v) is 7.26. The van der Waals surface area contributed by atoms with E-state index in [4.69, 9.17) is 0 Å². The molecule has 6 heteroatoms. The molecule has 5 nitrogen and oxygen atoms in total. The number of amides is 1. The van der Waals surface area contributed by atoms with E-state index < -0.39 is 10.0 Å². The van der Waals surface area contributed by atoms with Gasteiger partial charge in [0.1, 0.15) is 0 Å². The Bertz CT molecular complexity index is 895. The van der Waals surface area contributed by atoms with Gasteiger partial charge in [0.2, 0.25) is 15.9 Å². The van der Waals surface area contributed by atoms with Crippen molar-refractivity contribution in [2.45, 2.75) is 44.0 Å². The first-order chi connectivity index (χ1) is 13.4. The Labute approximate surface area is 167 Å². The van der Waals surface area contributed by atoms with E-state index in [9.17, 15) is 13.2 Å². The summed E-state index contributed by atoms with van der Waals surface area (Å²) in [6.07, 6.45) is 2.37. The maximum absolute atomic E-state index is 12.9. The Hall–Kier alpha value is -2.18. The smallest absolute Gasteiger partial charge is 0.243 e. The second-order valence-corrected chi connectivity index (χ2v) is 9.28. The molecule has 0 bridgehead atoms. The highest BCUT2D eigenvalue weighted by Gasteiger charge is 2.33. The summed E-state index contributed by atoms with van der Waals surface area (Å²) >= 11 is 0. The summed E-state index contributed by atoms with van der Waals surface area (Å²) in [5.74, 6) is -0.412. The average molecular weight is 401 g/mol. The Morgan fingerprint density at radius 3 is 2.46 bits per heavy atom. The van der Waals surface area contributed by atoms with Crippen LogP contribution in [0.4, 0.5) is 0 Å². The van der Waals surface area contributed by atoms with E-state index in [2.05, 4.69) is 24.4 Å². The number of rotatable bonds is 6. The summed E-state index contributed by atoms with van der Waals surface area (Å²) < 4.78 is 27.1. The van der Waals surface area contributed by atoms with Gasteiger partial charge in [0.15, 0.2) is 0 Å². The molecule has 3 rings (SSSR count). The van der Waals surface area contributed by atoms with Crippen LogP contribution in [0.5, 0.6) is 0 Å². The van der Waals surface area contributed by atoms with E-state index in [1.165, 1.54) is 9.87 Å². The largest absolute Gasteiger partial charge is 0.349 e. The molecule has 0 spiro atoms. The quantitative estimate of drug-likeness (QED) is 0.807. The van der Waals surface area contributed by atoms with E-state index in [-0.39, 0.29) is 29.3 Å². The molecular formula is C22H28N2O3S. The molecule has 1 amide bonds. The first-order valence-corrected chi connectivity index (χ1v) is 11.3. The fraction of sp³-hybridized carbons (Fsp3) is 0.409. The average Bonchev–Trinajstić information content (AvgIpc) is 2.74. The molecular weight excluding hydrogens is 372 g/mol. The number of nitrogens with one attached hydrogen (secondary N) is 1.